The van der Waals surface area contributed by atoms with Gasteiger partial charge in [0.1, 0.15) is 5.82 Å². The van der Waals surface area contributed by atoms with Crippen LogP contribution >= 0.6 is 0 Å². The van der Waals surface area contributed by atoms with Crippen molar-refractivity contribution < 1.29 is 4.21 Å². The third-order valence-corrected chi connectivity index (χ3v) is 3.11. The van der Waals surface area contributed by atoms with Crippen LogP contribution in [0.1, 0.15) is 11.4 Å². The maximum absolute atomic E-state index is 11.8. The quantitative estimate of drug-likeness (QED) is 0.852. The highest BCUT2D eigenvalue weighted by molar-refractivity contribution is 7.84. The molecule has 0 saturated heterocycles. The van der Waals surface area contributed by atoms with E-state index in [2.05, 4.69) is 15.2 Å². The van der Waals surface area contributed by atoms with Crippen LogP contribution in [0.5, 0.6) is 0 Å². The van der Waals surface area contributed by atoms with Gasteiger partial charge in [0.15, 0.2) is 0 Å². The highest BCUT2D eigenvalue weighted by Crippen LogP contribution is 2.07. The molecule has 0 amide bonds. The van der Waals surface area contributed by atoms with Gasteiger partial charge in [-0.3, -0.25) is 9.31 Å². The molecule has 78 valence electrons. The maximum atomic E-state index is 11.8. The molecule has 2 aromatic rings. The number of H-pyrrole nitrogens is 1. The van der Waals surface area contributed by atoms with Crippen molar-refractivity contribution in [2.24, 2.45) is 0 Å². The SMILES string of the molecule is Cc1nc(S(=O)Cc2ccccc2)n[nH]1. The first-order chi connectivity index (χ1) is 7.25. The van der Waals surface area contributed by atoms with Crippen LogP contribution in [0.15, 0.2) is 35.5 Å². The zero-order valence-electron chi connectivity index (χ0n) is 8.30. The second-order valence-corrected chi connectivity index (χ2v) is 4.52. The summed E-state index contributed by atoms with van der Waals surface area (Å²) >= 11 is 0. The average Bonchev–Trinajstić information content (AvgIpc) is 2.66. The number of hydrogen-bond acceptors (Lipinski definition) is 3. The van der Waals surface area contributed by atoms with Crippen LogP contribution in [0.25, 0.3) is 0 Å². The summed E-state index contributed by atoms with van der Waals surface area (Å²) in [5.41, 5.74) is 1.03. The van der Waals surface area contributed by atoms with Gasteiger partial charge < -0.3 is 0 Å². The molecule has 1 aromatic carbocycles. The molecular weight excluding hydrogens is 210 g/mol. The number of nitrogens with zero attached hydrogens (tertiary/aromatic N) is 2. The minimum atomic E-state index is -1.17. The Balaban J connectivity index is 2.11. The van der Waals surface area contributed by atoms with E-state index < -0.39 is 10.8 Å². The van der Waals surface area contributed by atoms with Gasteiger partial charge in [0, 0.05) is 0 Å². The lowest BCUT2D eigenvalue weighted by Gasteiger charge is -1.97. The van der Waals surface area contributed by atoms with E-state index >= 15 is 0 Å². The van der Waals surface area contributed by atoms with E-state index in [1.165, 1.54) is 0 Å². The molecule has 0 spiro atoms. The number of aryl methyl sites for hydroxylation is 1. The summed E-state index contributed by atoms with van der Waals surface area (Å²) in [6.45, 7) is 1.79. The van der Waals surface area contributed by atoms with E-state index in [1.807, 2.05) is 30.3 Å². The largest absolute Gasteiger partial charge is 0.262 e. The molecule has 0 fully saturated rings. The zero-order chi connectivity index (χ0) is 10.7. The van der Waals surface area contributed by atoms with Crippen molar-refractivity contribution in [3.63, 3.8) is 0 Å². The molecule has 1 unspecified atom stereocenters. The molecule has 0 radical (unpaired) electrons. The Bertz CT molecular complexity index is 467. The van der Waals surface area contributed by atoms with Crippen LogP contribution in [0, 0.1) is 6.92 Å². The van der Waals surface area contributed by atoms with Crippen LogP contribution in [0.3, 0.4) is 0 Å². The summed E-state index contributed by atoms with van der Waals surface area (Å²) < 4.78 is 11.8. The minimum Gasteiger partial charge on any atom is -0.262 e. The third-order valence-electron chi connectivity index (χ3n) is 1.92. The summed E-state index contributed by atoms with van der Waals surface area (Å²) in [6.07, 6.45) is 0. The van der Waals surface area contributed by atoms with Gasteiger partial charge in [-0.15, -0.1) is 5.10 Å². The van der Waals surface area contributed by atoms with Gasteiger partial charge in [-0.05, 0) is 12.5 Å². The Kier molecular flexibility index (Phi) is 2.91. The van der Waals surface area contributed by atoms with Crippen molar-refractivity contribution in [2.75, 3.05) is 0 Å². The summed E-state index contributed by atoms with van der Waals surface area (Å²) in [5, 5.41) is 6.93. The number of rotatable bonds is 3. The Morgan fingerprint density at radius 3 is 2.67 bits per heavy atom. The first kappa shape index (κ1) is 10.0. The summed E-state index contributed by atoms with van der Waals surface area (Å²) in [5.74, 6) is 1.14. The van der Waals surface area contributed by atoms with E-state index in [9.17, 15) is 4.21 Å². The van der Waals surface area contributed by atoms with Gasteiger partial charge in [-0.25, -0.2) is 4.98 Å². The number of hydrogen-bond donors (Lipinski definition) is 1. The molecule has 1 atom stereocenters. The highest BCUT2D eigenvalue weighted by Gasteiger charge is 2.09. The molecular formula is C10H11N3OS. The van der Waals surface area contributed by atoms with Gasteiger partial charge in [0.25, 0.3) is 0 Å². The zero-order valence-corrected chi connectivity index (χ0v) is 9.12. The van der Waals surface area contributed by atoms with E-state index in [-0.39, 0.29) is 0 Å². The molecule has 1 aromatic heterocycles. The second kappa shape index (κ2) is 4.35. The lowest BCUT2D eigenvalue weighted by atomic mass is 10.2. The minimum absolute atomic E-state index is 0.372. The molecule has 1 N–H and O–H groups in total. The van der Waals surface area contributed by atoms with Crippen molar-refractivity contribution in [2.45, 2.75) is 17.8 Å². The van der Waals surface area contributed by atoms with Crippen molar-refractivity contribution in [3.05, 3.63) is 41.7 Å². The fraction of sp³-hybridized carbons (Fsp3) is 0.200. The molecule has 0 bridgehead atoms. The fourth-order valence-corrected chi connectivity index (χ4v) is 2.22. The lowest BCUT2D eigenvalue weighted by Crippen LogP contribution is -1.98. The lowest BCUT2D eigenvalue weighted by molar-refractivity contribution is 0.676. The normalized spacial score (nSPS) is 12.6. The van der Waals surface area contributed by atoms with E-state index in [4.69, 9.17) is 0 Å². The first-order valence-electron chi connectivity index (χ1n) is 4.57. The molecule has 0 aliphatic heterocycles. The first-order valence-corrected chi connectivity index (χ1v) is 5.89. The van der Waals surface area contributed by atoms with E-state index in [0.29, 0.717) is 16.7 Å². The average molecular weight is 221 g/mol. The van der Waals surface area contributed by atoms with Gasteiger partial charge >= 0.3 is 0 Å². The molecule has 4 nitrogen and oxygen atoms in total. The Labute approximate surface area is 90.2 Å². The summed E-state index contributed by atoms with van der Waals surface area (Å²) in [7, 11) is -1.17. The molecule has 0 saturated carbocycles. The fourth-order valence-electron chi connectivity index (χ4n) is 1.21. The standard InChI is InChI=1S/C10H11N3OS/c1-8-11-10(13-12-8)15(14)7-9-5-3-2-4-6-9/h2-6H,7H2,1H3,(H,11,12,13). The van der Waals surface area contributed by atoms with Crippen molar-refractivity contribution >= 4 is 10.8 Å². The molecule has 0 aliphatic rings. The van der Waals surface area contributed by atoms with Crippen molar-refractivity contribution in [1.82, 2.24) is 15.2 Å². The third kappa shape index (κ3) is 2.50. The van der Waals surface area contributed by atoms with Crippen LogP contribution in [0.2, 0.25) is 0 Å². The Morgan fingerprint density at radius 1 is 1.33 bits per heavy atom. The maximum Gasteiger partial charge on any atom is 0.239 e. The van der Waals surface area contributed by atoms with Gasteiger partial charge in [-0.1, -0.05) is 30.3 Å². The molecule has 5 heteroatoms. The summed E-state index contributed by atoms with van der Waals surface area (Å²) in [4.78, 5) is 4.04. The number of aromatic amines is 1. The Hall–Kier alpha value is -1.49. The predicted molar refractivity (Wildman–Crippen MR) is 57.7 cm³/mol. The topological polar surface area (TPSA) is 58.6 Å². The molecule has 2 rings (SSSR count). The smallest absolute Gasteiger partial charge is 0.239 e. The summed E-state index contributed by atoms with van der Waals surface area (Å²) in [6, 6.07) is 9.67. The van der Waals surface area contributed by atoms with Gasteiger partial charge in [0.2, 0.25) is 5.16 Å². The van der Waals surface area contributed by atoms with Gasteiger partial charge in [-0.2, -0.15) is 0 Å². The number of aromatic nitrogens is 3. The highest BCUT2D eigenvalue weighted by atomic mass is 32.2. The molecule has 15 heavy (non-hydrogen) atoms. The molecule has 1 heterocycles. The van der Waals surface area contributed by atoms with Crippen LogP contribution < -0.4 is 0 Å². The molecule has 0 aliphatic carbocycles. The van der Waals surface area contributed by atoms with Gasteiger partial charge in [0.05, 0.1) is 16.6 Å². The van der Waals surface area contributed by atoms with E-state index in [1.54, 1.807) is 6.92 Å². The predicted octanol–water partition coefficient (Wildman–Crippen LogP) is 1.42. The van der Waals surface area contributed by atoms with Crippen LogP contribution in [-0.4, -0.2) is 19.4 Å². The monoisotopic (exact) mass is 221 g/mol. The van der Waals surface area contributed by atoms with Crippen LogP contribution in [-0.2, 0) is 16.6 Å². The second-order valence-electron chi connectivity index (χ2n) is 3.18. The number of benzene rings is 1. The van der Waals surface area contributed by atoms with Crippen molar-refractivity contribution in [1.29, 1.82) is 0 Å². The van der Waals surface area contributed by atoms with Crippen LogP contribution in [0.4, 0.5) is 0 Å². The Morgan fingerprint density at radius 2 is 2.07 bits per heavy atom. The van der Waals surface area contributed by atoms with Crippen molar-refractivity contribution in [3.8, 4) is 0 Å². The van der Waals surface area contributed by atoms with E-state index in [0.717, 1.165) is 5.56 Å². The number of nitrogens with one attached hydrogen (secondary N) is 1.